The summed E-state index contributed by atoms with van der Waals surface area (Å²) in [5.74, 6) is 0. The van der Waals surface area contributed by atoms with Crippen molar-refractivity contribution in [3.05, 3.63) is 12.8 Å². The molecule has 2 unspecified atom stereocenters. The van der Waals surface area contributed by atoms with Crippen molar-refractivity contribution in [1.29, 1.82) is 0 Å². The van der Waals surface area contributed by atoms with Gasteiger partial charge in [-0.15, -0.1) is 0 Å². The number of aliphatic hydroxyl groups is 2. The maximum absolute atomic E-state index is 8.70. The van der Waals surface area contributed by atoms with Gasteiger partial charge in [0.25, 0.3) is 0 Å². The Hall–Kier alpha value is -0.120. The second kappa shape index (κ2) is 4.73. The maximum Gasteiger partial charge on any atom is 0.160 e. The normalized spacial score (nSPS) is 17.3. The molecular weight excluding hydrogens is 120 g/mol. The highest BCUT2D eigenvalue weighted by Gasteiger charge is 2.06. The van der Waals surface area contributed by atoms with Gasteiger partial charge in [0.2, 0.25) is 0 Å². The third kappa shape index (κ3) is 4.39. The zero-order valence-corrected chi connectivity index (χ0v) is 5.61. The van der Waals surface area contributed by atoms with E-state index in [1.54, 1.807) is 13.8 Å². The molecule has 0 spiro atoms. The minimum absolute atomic E-state index is 0.976. The van der Waals surface area contributed by atoms with Crippen LogP contribution in [-0.4, -0.2) is 22.8 Å². The van der Waals surface area contributed by atoms with Crippen LogP contribution in [0.15, 0.2) is 0 Å². The molecule has 0 aliphatic heterocycles. The lowest BCUT2D eigenvalue weighted by Gasteiger charge is -2.12. The first-order chi connectivity index (χ1) is 4.20. The van der Waals surface area contributed by atoms with Crippen LogP contribution in [0, 0.1) is 12.8 Å². The van der Waals surface area contributed by atoms with Gasteiger partial charge < -0.3 is 14.9 Å². The number of aliphatic hydroxyl groups excluding tert-OH is 2. The Labute approximate surface area is 55.3 Å². The molecule has 0 aromatic carbocycles. The Morgan fingerprint density at radius 2 is 1.44 bits per heavy atom. The van der Waals surface area contributed by atoms with Crippen molar-refractivity contribution >= 4 is 0 Å². The van der Waals surface area contributed by atoms with Gasteiger partial charge in [0.05, 0.1) is 0 Å². The third-order valence-corrected chi connectivity index (χ3v) is 0.849. The molecule has 0 saturated carbocycles. The summed E-state index contributed by atoms with van der Waals surface area (Å²) in [5.41, 5.74) is 0. The van der Waals surface area contributed by atoms with E-state index in [4.69, 9.17) is 10.2 Å². The van der Waals surface area contributed by atoms with Gasteiger partial charge in [-0.25, -0.2) is 0 Å². The number of hydrogen-bond donors (Lipinski definition) is 2. The molecule has 0 bridgehead atoms. The van der Waals surface area contributed by atoms with E-state index in [2.05, 4.69) is 4.74 Å². The predicted molar refractivity (Wildman–Crippen MR) is 33.0 cm³/mol. The number of hydrogen-bond acceptors (Lipinski definition) is 3. The van der Waals surface area contributed by atoms with E-state index in [1.165, 1.54) is 12.8 Å². The van der Waals surface area contributed by atoms with Gasteiger partial charge in [0.1, 0.15) is 0 Å². The Kier molecular flexibility index (Phi) is 4.67. The average molecular weight is 132 g/mol. The van der Waals surface area contributed by atoms with Gasteiger partial charge in [-0.1, -0.05) is 13.8 Å². The Morgan fingerprint density at radius 3 is 1.67 bits per heavy atom. The van der Waals surface area contributed by atoms with Gasteiger partial charge in [-0.3, -0.25) is 0 Å². The molecule has 2 atom stereocenters. The molecule has 3 heteroatoms. The molecule has 9 heavy (non-hydrogen) atoms. The summed E-state index contributed by atoms with van der Waals surface area (Å²) in [4.78, 5) is 0. The van der Waals surface area contributed by atoms with Crippen molar-refractivity contribution in [2.24, 2.45) is 0 Å². The van der Waals surface area contributed by atoms with Crippen molar-refractivity contribution in [3.63, 3.8) is 0 Å². The van der Waals surface area contributed by atoms with Crippen LogP contribution < -0.4 is 0 Å². The van der Waals surface area contributed by atoms with Crippen molar-refractivity contribution in [2.75, 3.05) is 0 Å². The summed E-state index contributed by atoms with van der Waals surface area (Å²) in [7, 11) is 0. The van der Waals surface area contributed by atoms with Crippen LogP contribution in [0.4, 0.5) is 0 Å². The van der Waals surface area contributed by atoms with E-state index < -0.39 is 12.6 Å². The second-order valence-corrected chi connectivity index (χ2v) is 1.58. The quantitative estimate of drug-likeness (QED) is 0.533. The van der Waals surface area contributed by atoms with Crippen LogP contribution in [0.3, 0.4) is 0 Å². The monoisotopic (exact) mass is 132 g/mol. The smallest absolute Gasteiger partial charge is 0.160 e. The minimum atomic E-state index is -0.976. The highest BCUT2D eigenvalue weighted by atomic mass is 16.7. The van der Waals surface area contributed by atoms with Crippen LogP contribution in [0.5, 0.6) is 0 Å². The largest absolute Gasteiger partial charge is 0.368 e. The second-order valence-electron chi connectivity index (χ2n) is 1.58. The van der Waals surface area contributed by atoms with Crippen LogP contribution in [0.2, 0.25) is 0 Å². The van der Waals surface area contributed by atoms with Gasteiger partial charge in [-0.2, -0.15) is 0 Å². The average Bonchev–Trinajstić information content (AvgIpc) is 1.87. The van der Waals surface area contributed by atoms with Gasteiger partial charge in [0.15, 0.2) is 12.6 Å². The number of ether oxygens (including phenoxy) is 1. The zero-order chi connectivity index (χ0) is 7.28. The van der Waals surface area contributed by atoms with Crippen LogP contribution in [0.1, 0.15) is 13.8 Å². The topological polar surface area (TPSA) is 49.7 Å². The summed E-state index contributed by atoms with van der Waals surface area (Å²) in [6.45, 7) is 3.29. The fraction of sp³-hybridized carbons (Fsp3) is 0.667. The summed E-state index contributed by atoms with van der Waals surface area (Å²) in [5, 5.41) is 17.4. The highest BCUT2D eigenvalue weighted by molar-refractivity contribution is 4.64. The summed E-state index contributed by atoms with van der Waals surface area (Å²) in [6.07, 6.45) is 0.923. The Bertz CT molecular complexity index is 57.3. The van der Waals surface area contributed by atoms with E-state index in [0.29, 0.717) is 0 Å². The minimum Gasteiger partial charge on any atom is -0.368 e. The van der Waals surface area contributed by atoms with E-state index >= 15 is 0 Å². The summed E-state index contributed by atoms with van der Waals surface area (Å²) >= 11 is 0. The molecule has 0 amide bonds. The number of rotatable bonds is 4. The van der Waals surface area contributed by atoms with E-state index in [0.717, 1.165) is 0 Å². The maximum atomic E-state index is 8.70. The first-order valence-electron chi connectivity index (χ1n) is 2.81. The molecule has 2 N–H and O–H groups in total. The van der Waals surface area contributed by atoms with Crippen molar-refractivity contribution in [3.8, 4) is 0 Å². The molecule has 0 aromatic heterocycles. The molecule has 0 heterocycles. The van der Waals surface area contributed by atoms with E-state index in [-0.39, 0.29) is 0 Å². The van der Waals surface area contributed by atoms with Gasteiger partial charge >= 0.3 is 0 Å². The van der Waals surface area contributed by atoms with Crippen molar-refractivity contribution < 1.29 is 14.9 Å². The lowest BCUT2D eigenvalue weighted by molar-refractivity contribution is -0.177. The summed E-state index contributed by atoms with van der Waals surface area (Å²) in [6, 6.07) is 0. The molecule has 2 radical (unpaired) electrons. The molecule has 0 aromatic rings. The first-order valence-corrected chi connectivity index (χ1v) is 2.81. The molecule has 3 nitrogen and oxygen atoms in total. The van der Waals surface area contributed by atoms with Crippen molar-refractivity contribution in [2.45, 2.75) is 26.4 Å². The molecular formula is C6H12O3. The lowest BCUT2D eigenvalue weighted by Crippen LogP contribution is -2.20. The Morgan fingerprint density at radius 1 is 1.11 bits per heavy atom. The lowest BCUT2D eigenvalue weighted by atomic mass is 10.4. The SMILES string of the molecule is C[CH]C(O)OC(O)[CH]C. The zero-order valence-electron chi connectivity index (χ0n) is 5.61. The van der Waals surface area contributed by atoms with Crippen LogP contribution in [0.25, 0.3) is 0 Å². The predicted octanol–water partition coefficient (Wildman–Crippen LogP) is 0.0882. The Balaban J connectivity index is 3.22. The fourth-order valence-electron chi connectivity index (χ4n) is 0.300. The van der Waals surface area contributed by atoms with Crippen LogP contribution >= 0.6 is 0 Å². The molecule has 0 aliphatic carbocycles. The van der Waals surface area contributed by atoms with Crippen LogP contribution in [-0.2, 0) is 4.74 Å². The standard InChI is InChI=1S/C6H12O3/c1-3-5(7)9-6(8)4-2/h3-8H,1-2H3. The van der Waals surface area contributed by atoms with E-state index in [1.807, 2.05) is 0 Å². The molecule has 0 saturated heterocycles. The molecule has 0 rings (SSSR count). The fourth-order valence-corrected chi connectivity index (χ4v) is 0.300. The first kappa shape index (κ1) is 8.88. The van der Waals surface area contributed by atoms with Crippen molar-refractivity contribution in [1.82, 2.24) is 0 Å². The van der Waals surface area contributed by atoms with E-state index in [9.17, 15) is 0 Å². The van der Waals surface area contributed by atoms with Gasteiger partial charge in [-0.05, 0) is 0 Å². The van der Waals surface area contributed by atoms with Gasteiger partial charge in [0, 0.05) is 12.8 Å². The third-order valence-electron chi connectivity index (χ3n) is 0.849. The molecule has 0 aliphatic rings. The summed E-state index contributed by atoms with van der Waals surface area (Å²) < 4.78 is 4.55. The molecule has 54 valence electrons. The highest BCUT2D eigenvalue weighted by Crippen LogP contribution is 1.97. The molecule has 0 fully saturated rings.